The summed E-state index contributed by atoms with van der Waals surface area (Å²) in [4.78, 5) is 10.2. The van der Waals surface area contributed by atoms with E-state index in [0.717, 1.165) is 18.9 Å². The fourth-order valence-corrected chi connectivity index (χ4v) is 1.98. The van der Waals surface area contributed by atoms with Crippen molar-refractivity contribution in [2.45, 2.75) is 71.1 Å². The smallest absolute Gasteiger partial charge is 0.328 e. The highest BCUT2D eigenvalue weighted by molar-refractivity contribution is 5.80. The SMILES string of the molecule is CCCCCCCCCC=CCCC#CC=CC=CC(=O)O. The summed E-state index contributed by atoms with van der Waals surface area (Å²) in [5.41, 5.74) is 0. The lowest BCUT2D eigenvalue weighted by Crippen LogP contribution is -1.84. The second-order valence-corrected chi connectivity index (χ2v) is 5.30. The van der Waals surface area contributed by atoms with Crippen molar-refractivity contribution in [2.75, 3.05) is 0 Å². The average Bonchev–Trinajstić information content (AvgIpc) is 2.50. The summed E-state index contributed by atoms with van der Waals surface area (Å²) in [7, 11) is 0. The van der Waals surface area contributed by atoms with Gasteiger partial charge in [0.25, 0.3) is 0 Å². The summed E-state index contributed by atoms with van der Waals surface area (Å²) in [5, 5.41) is 8.37. The highest BCUT2D eigenvalue weighted by Gasteiger charge is 1.89. The van der Waals surface area contributed by atoms with Crippen LogP contribution in [-0.2, 0) is 4.79 Å². The lowest BCUT2D eigenvalue weighted by atomic mass is 10.1. The second kappa shape index (κ2) is 17.3. The van der Waals surface area contributed by atoms with Gasteiger partial charge in [0.15, 0.2) is 0 Å². The van der Waals surface area contributed by atoms with Gasteiger partial charge in [0, 0.05) is 12.5 Å². The van der Waals surface area contributed by atoms with Gasteiger partial charge in [0.05, 0.1) is 0 Å². The van der Waals surface area contributed by atoms with E-state index in [1.54, 1.807) is 12.2 Å². The Labute approximate surface area is 136 Å². The van der Waals surface area contributed by atoms with Gasteiger partial charge in [-0.15, -0.1) is 0 Å². The quantitative estimate of drug-likeness (QED) is 0.166. The Morgan fingerprint density at radius 1 is 0.955 bits per heavy atom. The first-order valence-electron chi connectivity index (χ1n) is 8.47. The molecular formula is C20H30O2. The summed E-state index contributed by atoms with van der Waals surface area (Å²) in [6.07, 6.45) is 22.9. The van der Waals surface area contributed by atoms with Crippen LogP contribution in [0.15, 0.2) is 36.5 Å². The Morgan fingerprint density at radius 2 is 1.64 bits per heavy atom. The van der Waals surface area contributed by atoms with Crippen LogP contribution in [0, 0.1) is 11.8 Å². The largest absolute Gasteiger partial charge is 0.478 e. The number of aliphatic carboxylic acids is 1. The molecule has 0 fully saturated rings. The van der Waals surface area contributed by atoms with E-state index in [9.17, 15) is 4.79 Å². The fraction of sp³-hybridized carbons (Fsp3) is 0.550. The number of rotatable bonds is 12. The van der Waals surface area contributed by atoms with E-state index in [4.69, 9.17) is 5.11 Å². The maximum atomic E-state index is 10.2. The molecule has 0 radical (unpaired) electrons. The van der Waals surface area contributed by atoms with Crippen LogP contribution in [0.1, 0.15) is 71.1 Å². The molecule has 22 heavy (non-hydrogen) atoms. The summed E-state index contributed by atoms with van der Waals surface area (Å²) < 4.78 is 0. The van der Waals surface area contributed by atoms with Crippen LogP contribution in [0.5, 0.6) is 0 Å². The zero-order valence-electron chi connectivity index (χ0n) is 13.9. The van der Waals surface area contributed by atoms with E-state index in [1.807, 2.05) is 0 Å². The van der Waals surface area contributed by atoms with E-state index < -0.39 is 5.97 Å². The molecule has 0 atom stereocenters. The summed E-state index contributed by atoms with van der Waals surface area (Å²) in [5.74, 6) is 4.98. The van der Waals surface area contributed by atoms with Crippen LogP contribution in [0.2, 0.25) is 0 Å². The average molecular weight is 302 g/mol. The Bertz CT molecular complexity index is 405. The number of hydrogen-bond donors (Lipinski definition) is 1. The van der Waals surface area contributed by atoms with E-state index in [0.29, 0.717) is 0 Å². The molecule has 0 unspecified atom stereocenters. The van der Waals surface area contributed by atoms with Crippen LogP contribution in [0.25, 0.3) is 0 Å². The molecule has 0 aliphatic carbocycles. The molecule has 0 saturated carbocycles. The van der Waals surface area contributed by atoms with Crippen molar-refractivity contribution < 1.29 is 9.90 Å². The Kier molecular flexibility index (Phi) is 15.9. The third kappa shape index (κ3) is 18.2. The summed E-state index contributed by atoms with van der Waals surface area (Å²) >= 11 is 0. The van der Waals surface area contributed by atoms with Crippen molar-refractivity contribution in [1.82, 2.24) is 0 Å². The third-order valence-corrected chi connectivity index (χ3v) is 3.21. The molecule has 122 valence electrons. The highest BCUT2D eigenvalue weighted by Crippen LogP contribution is 2.08. The molecule has 0 aliphatic heterocycles. The van der Waals surface area contributed by atoms with Crippen molar-refractivity contribution in [1.29, 1.82) is 0 Å². The molecule has 2 nitrogen and oxygen atoms in total. The lowest BCUT2D eigenvalue weighted by molar-refractivity contribution is -0.131. The van der Waals surface area contributed by atoms with Gasteiger partial charge in [-0.25, -0.2) is 4.79 Å². The zero-order valence-corrected chi connectivity index (χ0v) is 13.9. The first kappa shape index (κ1) is 20.2. The minimum atomic E-state index is -0.941. The van der Waals surface area contributed by atoms with Crippen LogP contribution >= 0.6 is 0 Å². The molecule has 0 aromatic rings. The third-order valence-electron chi connectivity index (χ3n) is 3.21. The first-order chi connectivity index (χ1) is 10.8. The molecule has 0 spiro atoms. The van der Waals surface area contributed by atoms with Crippen molar-refractivity contribution in [3.8, 4) is 11.8 Å². The molecule has 0 aromatic heterocycles. The summed E-state index contributed by atoms with van der Waals surface area (Å²) in [6, 6.07) is 0. The molecule has 0 bridgehead atoms. The zero-order chi connectivity index (χ0) is 16.3. The Morgan fingerprint density at radius 3 is 2.36 bits per heavy atom. The standard InChI is InChI=1S/C20H30O2/c1-2-3-4-5-6-7-8-9-10-11-12-13-14-15-16-17-18-19-20(21)22/h10-11,16-19H,2-9,12-13H2,1H3,(H,21,22). The number of carbonyl (C=O) groups is 1. The fourth-order valence-electron chi connectivity index (χ4n) is 1.98. The molecule has 0 saturated heterocycles. The molecule has 2 heteroatoms. The van der Waals surface area contributed by atoms with Gasteiger partial charge in [-0.05, 0) is 25.3 Å². The number of carboxylic acids is 1. The number of unbranched alkanes of at least 4 members (excludes halogenated alkanes) is 8. The van der Waals surface area contributed by atoms with Crippen molar-refractivity contribution >= 4 is 5.97 Å². The molecule has 0 aliphatic rings. The van der Waals surface area contributed by atoms with E-state index in [1.165, 1.54) is 57.4 Å². The molecule has 0 amide bonds. The van der Waals surface area contributed by atoms with Gasteiger partial charge < -0.3 is 5.11 Å². The van der Waals surface area contributed by atoms with Crippen LogP contribution in [0.3, 0.4) is 0 Å². The summed E-state index contributed by atoms with van der Waals surface area (Å²) in [6.45, 7) is 2.25. The first-order valence-corrected chi connectivity index (χ1v) is 8.47. The minimum Gasteiger partial charge on any atom is -0.478 e. The van der Waals surface area contributed by atoms with Gasteiger partial charge in [0.2, 0.25) is 0 Å². The molecular weight excluding hydrogens is 272 g/mol. The molecule has 0 rings (SSSR count). The van der Waals surface area contributed by atoms with Gasteiger partial charge in [-0.1, -0.05) is 81.6 Å². The predicted molar refractivity (Wildman–Crippen MR) is 94.7 cm³/mol. The van der Waals surface area contributed by atoms with Crippen LogP contribution < -0.4 is 0 Å². The van der Waals surface area contributed by atoms with E-state index >= 15 is 0 Å². The van der Waals surface area contributed by atoms with Gasteiger partial charge in [0.1, 0.15) is 0 Å². The normalized spacial score (nSPS) is 11.3. The lowest BCUT2D eigenvalue weighted by Gasteiger charge is -1.98. The van der Waals surface area contributed by atoms with E-state index in [2.05, 4.69) is 30.9 Å². The Hall–Kier alpha value is -1.75. The monoisotopic (exact) mass is 302 g/mol. The number of allylic oxidation sites excluding steroid dienone is 5. The van der Waals surface area contributed by atoms with Gasteiger partial charge in [-0.3, -0.25) is 0 Å². The van der Waals surface area contributed by atoms with Gasteiger partial charge in [-0.2, -0.15) is 0 Å². The van der Waals surface area contributed by atoms with E-state index in [-0.39, 0.29) is 0 Å². The predicted octanol–water partition coefficient (Wildman–Crippen LogP) is 5.66. The maximum absolute atomic E-state index is 10.2. The molecule has 0 heterocycles. The van der Waals surface area contributed by atoms with Crippen molar-refractivity contribution in [3.63, 3.8) is 0 Å². The number of carboxylic acid groups (broad SMARTS) is 1. The van der Waals surface area contributed by atoms with Crippen molar-refractivity contribution in [2.24, 2.45) is 0 Å². The Balaban J connectivity index is 3.39. The molecule has 0 aromatic carbocycles. The van der Waals surface area contributed by atoms with Gasteiger partial charge >= 0.3 is 5.97 Å². The topological polar surface area (TPSA) is 37.3 Å². The maximum Gasteiger partial charge on any atom is 0.328 e. The number of hydrogen-bond acceptors (Lipinski definition) is 1. The highest BCUT2D eigenvalue weighted by atomic mass is 16.4. The van der Waals surface area contributed by atoms with Crippen LogP contribution in [-0.4, -0.2) is 11.1 Å². The van der Waals surface area contributed by atoms with Crippen molar-refractivity contribution in [3.05, 3.63) is 36.5 Å². The minimum absolute atomic E-state index is 0.848. The van der Waals surface area contributed by atoms with Crippen LogP contribution in [0.4, 0.5) is 0 Å². The second-order valence-electron chi connectivity index (χ2n) is 5.30. The molecule has 1 N–H and O–H groups in total.